The first kappa shape index (κ1) is 10.4. The molecule has 1 aliphatic heterocycles. The summed E-state index contributed by atoms with van der Waals surface area (Å²) in [5.74, 6) is 3.30. The maximum absolute atomic E-state index is 5.62. The molecule has 1 heterocycles. The van der Waals surface area contributed by atoms with E-state index >= 15 is 0 Å². The van der Waals surface area contributed by atoms with E-state index in [0.717, 1.165) is 12.5 Å². The molecule has 0 amide bonds. The number of hydrogen-bond acceptors (Lipinski definition) is 3. The molecule has 0 bridgehead atoms. The van der Waals surface area contributed by atoms with E-state index in [1.807, 2.05) is 11.8 Å². The SMILES string of the molecule is CCSCCN1CCC(CN)C1. The average molecular weight is 188 g/mol. The zero-order valence-electron chi connectivity index (χ0n) is 7.96. The summed E-state index contributed by atoms with van der Waals surface area (Å²) in [6.07, 6.45) is 1.31. The van der Waals surface area contributed by atoms with Crippen LogP contribution in [0.15, 0.2) is 0 Å². The lowest BCUT2D eigenvalue weighted by molar-refractivity contribution is 0.346. The van der Waals surface area contributed by atoms with Crippen molar-refractivity contribution in [3.8, 4) is 0 Å². The van der Waals surface area contributed by atoms with Crippen molar-refractivity contribution >= 4 is 11.8 Å². The normalized spacial score (nSPS) is 25.0. The standard InChI is InChI=1S/C9H20N2S/c1-2-12-6-5-11-4-3-9(7-10)8-11/h9H,2-8,10H2,1H3. The van der Waals surface area contributed by atoms with Crippen LogP contribution in [0, 0.1) is 5.92 Å². The molecule has 1 rings (SSSR count). The van der Waals surface area contributed by atoms with Gasteiger partial charge in [0.05, 0.1) is 0 Å². The minimum atomic E-state index is 0.775. The molecule has 1 aliphatic rings. The minimum Gasteiger partial charge on any atom is -0.330 e. The number of likely N-dealkylation sites (tertiary alicyclic amines) is 1. The molecule has 0 saturated carbocycles. The average Bonchev–Trinajstić information content (AvgIpc) is 2.53. The maximum Gasteiger partial charge on any atom is 0.00725 e. The summed E-state index contributed by atoms with van der Waals surface area (Å²) in [4.78, 5) is 2.54. The van der Waals surface area contributed by atoms with Crippen LogP contribution >= 0.6 is 11.8 Å². The molecular formula is C9H20N2S. The number of nitrogens with zero attached hydrogens (tertiary/aromatic N) is 1. The molecule has 1 fully saturated rings. The summed E-state index contributed by atoms with van der Waals surface area (Å²) in [7, 11) is 0. The van der Waals surface area contributed by atoms with Crippen LogP contribution in [-0.2, 0) is 0 Å². The molecule has 2 N–H and O–H groups in total. The van der Waals surface area contributed by atoms with Crippen molar-refractivity contribution in [2.45, 2.75) is 13.3 Å². The molecule has 0 aromatic rings. The lowest BCUT2D eigenvalue weighted by Gasteiger charge is -2.14. The Kier molecular flexibility index (Phi) is 5.04. The summed E-state index contributed by atoms with van der Waals surface area (Å²) < 4.78 is 0. The van der Waals surface area contributed by atoms with Crippen LogP contribution < -0.4 is 5.73 Å². The molecular weight excluding hydrogens is 168 g/mol. The van der Waals surface area contributed by atoms with Gasteiger partial charge in [-0.05, 0) is 31.2 Å². The highest BCUT2D eigenvalue weighted by molar-refractivity contribution is 7.99. The Morgan fingerprint density at radius 3 is 3.00 bits per heavy atom. The van der Waals surface area contributed by atoms with E-state index in [1.165, 1.54) is 37.6 Å². The van der Waals surface area contributed by atoms with Crippen LogP contribution in [0.25, 0.3) is 0 Å². The second kappa shape index (κ2) is 5.84. The summed E-state index contributed by atoms with van der Waals surface area (Å²) in [5, 5.41) is 0. The van der Waals surface area contributed by atoms with E-state index < -0.39 is 0 Å². The Labute approximate surface area is 79.9 Å². The Hall–Kier alpha value is 0.270. The summed E-state index contributed by atoms with van der Waals surface area (Å²) in [6, 6.07) is 0. The molecule has 2 nitrogen and oxygen atoms in total. The predicted octanol–water partition coefficient (Wildman–Crippen LogP) is 1.02. The molecule has 0 aliphatic carbocycles. The van der Waals surface area contributed by atoms with Crippen molar-refractivity contribution in [1.29, 1.82) is 0 Å². The van der Waals surface area contributed by atoms with Crippen LogP contribution in [-0.4, -0.2) is 42.6 Å². The minimum absolute atomic E-state index is 0.775. The van der Waals surface area contributed by atoms with Gasteiger partial charge in [-0.25, -0.2) is 0 Å². The van der Waals surface area contributed by atoms with Crippen molar-refractivity contribution in [2.24, 2.45) is 11.7 Å². The topological polar surface area (TPSA) is 29.3 Å². The summed E-state index contributed by atoms with van der Waals surface area (Å²) in [5.41, 5.74) is 5.62. The first-order chi connectivity index (χ1) is 5.86. The monoisotopic (exact) mass is 188 g/mol. The van der Waals surface area contributed by atoms with Gasteiger partial charge < -0.3 is 10.6 Å². The first-order valence-corrected chi connectivity index (χ1v) is 6.02. The quantitative estimate of drug-likeness (QED) is 0.653. The van der Waals surface area contributed by atoms with Gasteiger partial charge in [-0.2, -0.15) is 11.8 Å². The predicted molar refractivity (Wildman–Crippen MR) is 56.6 cm³/mol. The van der Waals surface area contributed by atoms with Crippen LogP contribution in [0.1, 0.15) is 13.3 Å². The third-order valence-electron chi connectivity index (χ3n) is 2.46. The fourth-order valence-electron chi connectivity index (χ4n) is 1.65. The van der Waals surface area contributed by atoms with Crippen molar-refractivity contribution in [1.82, 2.24) is 4.90 Å². The fourth-order valence-corrected chi connectivity index (χ4v) is 2.32. The van der Waals surface area contributed by atoms with Gasteiger partial charge in [-0.1, -0.05) is 6.92 Å². The molecule has 0 spiro atoms. The van der Waals surface area contributed by atoms with Gasteiger partial charge in [0.1, 0.15) is 0 Å². The Morgan fingerprint density at radius 2 is 2.42 bits per heavy atom. The summed E-state index contributed by atoms with van der Waals surface area (Å²) >= 11 is 2.03. The lowest BCUT2D eigenvalue weighted by atomic mass is 10.1. The first-order valence-electron chi connectivity index (χ1n) is 4.87. The van der Waals surface area contributed by atoms with Gasteiger partial charge in [0.2, 0.25) is 0 Å². The van der Waals surface area contributed by atoms with E-state index in [2.05, 4.69) is 11.8 Å². The lowest BCUT2D eigenvalue weighted by Crippen LogP contribution is -2.25. The van der Waals surface area contributed by atoms with Crippen LogP contribution in [0.2, 0.25) is 0 Å². The molecule has 1 atom stereocenters. The van der Waals surface area contributed by atoms with Gasteiger partial charge in [-0.3, -0.25) is 0 Å². The third-order valence-corrected chi connectivity index (χ3v) is 3.34. The summed E-state index contributed by atoms with van der Waals surface area (Å²) in [6.45, 7) is 6.86. The highest BCUT2D eigenvalue weighted by atomic mass is 32.2. The Morgan fingerprint density at radius 1 is 1.58 bits per heavy atom. The highest BCUT2D eigenvalue weighted by Gasteiger charge is 2.19. The van der Waals surface area contributed by atoms with Crippen LogP contribution in [0.5, 0.6) is 0 Å². The van der Waals surface area contributed by atoms with Gasteiger partial charge >= 0.3 is 0 Å². The van der Waals surface area contributed by atoms with Crippen molar-refractivity contribution in [3.63, 3.8) is 0 Å². The van der Waals surface area contributed by atoms with E-state index in [4.69, 9.17) is 5.73 Å². The van der Waals surface area contributed by atoms with Gasteiger partial charge in [0.25, 0.3) is 0 Å². The zero-order chi connectivity index (χ0) is 8.81. The smallest absolute Gasteiger partial charge is 0.00725 e. The molecule has 1 saturated heterocycles. The van der Waals surface area contributed by atoms with Crippen molar-refractivity contribution in [2.75, 3.05) is 37.7 Å². The Balaban J connectivity index is 2.03. The molecule has 3 heteroatoms. The van der Waals surface area contributed by atoms with E-state index in [9.17, 15) is 0 Å². The fraction of sp³-hybridized carbons (Fsp3) is 1.00. The Bertz CT molecular complexity index is 119. The molecule has 1 unspecified atom stereocenters. The number of rotatable bonds is 5. The van der Waals surface area contributed by atoms with E-state index in [-0.39, 0.29) is 0 Å². The van der Waals surface area contributed by atoms with Crippen molar-refractivity contribution < 1.29 is 0 Å². The van der Waals surface area contributed by atoms with Crippen LogP contribution in [0.3, 0.4) is 0 Å². The molecule has 12 heavy (non-hydrogen) atoms. The molecule has 0 aromatic carbocycles. The van der Waals surface area contributed by atoms with E-state index in [0.29, 0.717) is 0 Å². The molecule has 0 aromatic heterocycles. The largest absolute Gasteiger partial charge is 0.330 e. The van der Waals surface area contributed by atoms with Gasteiger partial charge in [-0.15, -0.1) is 0 Å². The third kappa shape index (κ3) is 3.33. The highest BCUT2D eigenvalue weighted by Crippen LogP contribution is 2.14. The second-order valence-electron chi connectivity index (χ2n) is 3.39. The zero-order valence-corrected chi connectivity index (χ0v) is 8.78. The van der Waals surface area contributed by atoms with Crippen molar-refractivity contribution in [3.05, 3.63) is 0 Å². The van der Waals surface area contributed by atoms with Gasteiger partial charge in [0.15, 0.2) is 0 Å². The van der Waals surface area contributed by atoms with E-state index in [1.54, 1.807) is 0 Å². The number of nitrogens with two attached hydrogens (primary N) is 1. The molecule has 0 radical (unpaired) electrons. The van der Waals surface area contributed by atoms with Gasteiger partial charge in [0, 0.05) is 18.8 Å². The number of hydrogen-bond donors (Lipinski definition) is 1. The molecule has 72 valence electrons. The number of thioether (sulfide) groups is 1. The maximum atomic E-state index is 5.62. The van der Waals surface area contributed by atoms with Crippen LogP contribution in [0.4, 0.5) is 0 Å². The second-order valence-corrected chi connectivity index (χ2v) is 4.78.